The van der Waals surface area contributed by atoms with Crippen molar-refractivity contribution in [1.29, 1.82) is 0 Å². The lowest BCUT2D eigenvalue weighted by Gasteiger charge is -2.26. The van der Waals surface area contributed by atoms with E-state index in [4.69, 9.17) is 9.15 Å². The summed E-state index contributed by atoms with van der Waals surface area (Å²) in [5, 5.41) is 7.11. The quantitative estimate of drug-likeness (QED) is 0.719. The van der Waals surface area contributed by atoms with Crippen LogP contribution in [-0.4, -0.2) is 32.7 Å². The predicted molar refractivity (Wildman–Crippen MR) is 104 cm³/mol. The smallest absolute Gasteiger partial charge is 0.287 e. The van der Waals surface area contributed by atoms with Gasteiger partial charge >= 0.3 is 0 Å². The SMILES string of the molecule is COc1ccc2c(-c3ccccc3)c(C(=O)NCC3CNC3)oc2c1.Cl. The van der Waals surface area contributed by atoms with E-state index in [0.29, 0.717) is 29.6 Å². The van der Waals surface area contributed by atoms with Crippen LogP contribution in [0, 0.1) is 5.92 Å². The zero-order valence-electron chi connectivity index (χ0n) is 14.5. The third-order valence-electron chi connectivity index (χ3n) is 4.58. The highest BCUT2D eigenvalue weighted by Gasteiger charge is 2.24. The number of hydrogen-bond acceptors (Lipinski definition) is 4. The lowest BCUT2D eigenvalue weighted by atomic mass is 10.0. The van der Waals surface area contributed by atoms with E-state index < -0.39 is 0 Å². The van der Waals surface area contributed by atoms with Gasteiger partial charge in [-0.15, -0.1) is 12.4 Å². The standard InChI is InChI=1S/C20H20N2O3.ClH/c1-24-15-7-8-16-17(9-15)25-19(18(16)14-5-3-2-4-6-14)20(23)22-12-13-10-21-11-13;/h2-9,13,21H,10-12H2,1H3,(H,22,23);1H. The van der Waals surface area contributed by atoms with Gasteiger partial charge in [-0.25, -0.2) is 0 Å². The summed E-state index contributed by atoms with van der Waals surface area (Å²) in [4.78, 5) is 12.8. The molecule has 0 spiro atoms. The summed E-state index contributed by atoms with van der Waals surface area (Å²) < 4.78 is 11.2. The van der Waals surface area contributed by atoms with Crippen molar-refractivity contribution in [3.8, 4) is 16.9 Å². The van der Waals surface area contributed by atoms with Crippen molar-refractivity contribution in [3.05, 3.63) is 54.3 Å². The molecule has 0 aliphatic carbocycles. The van der Waals surface area contributed by atoms with E-state index in [9.17, 15) is 4.79 Å². The average Bonchev–Trinajstić information content (AvgIpc) is 2.99. The maximum absolute atomic E-state index is 12.8. The number of ether oxygens (including phenoxy) is 1. The number of nitrogens with one attached hydrogen (secondary N) is 2. The molecule has 2 N–H and O–H groups in total. The molecule has 1 aliphatic rings. The topological polar surface area (TPSA) is 63.5 Å². The van der Waals surface area contributed by atoms with Crippen LogP contribution < -0.4 is 15.4 Å². The minimum atomic E-state index is -0.180. The predicted octanol–water partition coefficient (Wildman–Crippen LogP) is 3.48. The Bertz CT molecular complexity index is 904. The first-order valence-corrected chi connectivity index (χ1v) is 8.41. The molecule has 1 amide bonds. The first-order chi connectivity index (χ1) is 12.3. The first kappa shape index (κ1) is 18.3. The Hall–Kier alpha value is -2.50. The molecule has 5 nitrogen and oxygen atoms in total. The maximum atomic E-state index is 12.8. The van der Waals surface area contributed by atoms with Gasteiger partial charge in [-0.3, -0.25) is 4.79 Å². The van der Waals surface area contributed by atoms with Gasteiger partial charge in [-0.1, -0.05) is 30.3 Å². The molecule has 1 aromatic heterocycles. The van der Waals surface area contributed by atoms with Crippen LogP contribution in [-0.2, 0) is 0 Å². The molecule has 136 valence electrons. The van der Waals surface area contributed by atoms with E-state index in [1.165, 1.54) is 0 Å². The first-order valence-electron chi connectivity index (χ1n) is 8.41. The number of rotatable bonds is 5. The molecule has 26 heavy (non-hydrogen) atoms. The van der Waals surface area contributed by atoms with Crippen molar-refractivity contribution in [2.75, 3.05) is 26.7 Å². The third-order valence-corrected chi connectivity index (χ3v) is 4.58. The van der Waals surface area contributed by atoms with Gasteiger partial charge in [0.2, 0.25) is 5.76 Å². The van der Waals surface area contributed by atoms with E-state index in [2.05, 4.69) is 10.6 Å². The molecule has 3 aromatic rings. The average molecular weight is 373 g/mol. The second kappa shape index (κ2) is 7.81. The molecule has 4 rings (SSSR count). The molecule has 1 fully saturated rings. The highest BCUT2D eigenvalue weighted by Crippen LogP contribution is 2.36. The van der Waals surface area contributed by atoms with Crippen LogP contribution in [0.1, 0.15) is 10.6 Å². The van der Waals surface area contributed by atoms with Gasteiger partial charge in [0.25, 0.3) is 5.91 Å². The van der Waals surface area contributed by atoms with Gasteiger partial charge in [0.05, 0.1) is 7.11 Å². The fraction of sp³-hybridized carbons (Fsp3) is 0.250. The molecular weight excluding hydrogens is 352 g/mol. The summed E-state index contributed by atoms with van der Waals surface area (Å²) in [6.07, 6.45) is 0. The number of amides is 1. The van der Waals surface area contributed by atoms with Crippen molar-refractivity contribution < 1.29 is 13.9 Å². The van der Waals surface area contributed by atoms with Gasteiger partial charge in [0, 0.05) is 42.6 Å². The molecule has 2 heterocycles. The maximum Gasteiger partial charge on any atom is 0.287 e. The lowest BCUT2D eigenvalue weighted by Crippen LogP contribution is -2.48. The zero-order chi connectivity index (χ0) is 17.2. The number of halogens is 1. The molecule has 0 atom stereocenters. The molecule has 0 radical (unpaired) electrons. The fourth-order valence-corrected chi connectivity index (χ4v) is 3.07. The Morgan fingerprint density at radius 2 is 2.00 bits per heavy atom. The Labute approximate surface area is 158 Å². The molecule has 2 aromatic carbocycles. The third kappa shape index (κ3) is 3.41. The number of carbonyl (C=O) groups excluding carboxylic acids is 1. The van der Waals surface area contributed by atoms with Crippen molar-refractivity contribution in [3.63, 3.8) is 0 Å². The van der Waals surface area contributed by atoms with Crippen molar-refractivity contribution in [2.45, 2.75) is 0 Å². The van der Waals surface area contributed by atoms with Gasteiger partial charge in [-0.2, -0.15) is 0 Å². The summed E-state index contributed by atoms with van der Waals surface area (Å²) in [6.45, 7) is 2.55. The van der Waals surface area contributed by atoms with Crippen molar-refractivity contribution >= 4 is 29.3 Å². The molecule has 6 heteroatoms. The van der Waals surface area contributed by atoms with Gasteiger partial charge in [0.15, 0.2) is 0 Å². The number of fused-ring (bicyclic) bond motifs is 1. The number of methoxy groups -OCH3 is 1. The van der Waals surface area contributed by atoms with Crippen LogP contribution in [0.3, 0.4) is 0 Å². The highest BCUT2D eigenvalue weighted by molar-refractivity contribution is 6.08. The van der Waals surface area contributed by atoms with Crippen LogP contribution in [0.4, 0.5) is 0 Å². The summed E-state index contributed by atoms with van der Waals surface area (Å²) in [5.74, 6) is 1.37. The summed E-state index contributed by atoms with van der Waals surface area (Å²) in [5.41, 5.74) is 2.43. The number of hydrogen-bond donors (Lipinski definition) is 2. The van der Waals surface area contributed by atoms with Crippen LogP contribution in [0.15, 0.2) is 52.9 Å². The van der Waals surface area contributed by atoms with E-state index in [1.807, 2.05) is 48.5 Å². The van der Waals surface area contributed by atoms with Crippen LogP contribution in [0.5, 0.6) is 5.75 Å². The van der Waals surface area contributed by atoms with E-state index in [1.54, 1.807) is 7.11 Å². The highest BCUT2D eigenvalue weighted by atomic mass is 35.5. The van der Waals surface area contributed by atoms with Crippen molar-refractivity contribution in [1.82, 2.24) is 10.6 Å². The number of carbonyl (C=O) groups is 1. The number of furan rings is 1. The fourth-order valence-electron chi connectivity index (χ4n) is 3.07. The van der Waals surface area contributed by atoms with Crippen LogP contribution >= 0.6 is 12.4 Å². The Balaban J connectivity index is 0.00000196. The van der Waals surface area contributed by atoms with E-state index in [0.717, 1.165) is 29.6 Å². The lowest BCUT2D eigenvalue weighted by molar-refractivity contribution is 0.0917. The molecule has 1 saturated heterocycles. The van der Waals surface area contributed by atoms with Gasteiger partial charge < -0.3 is 19.8 Å². The van der Waals surface area contributed by atoms with Crippen LogP contribution in [0.25, 0.3) is 22.1 Å². The van der Waals surface area contributed by atoms with Crippen molar-refractivity contribution in [2.24, 2.45) is 5.92 Å². The number of benzene rings is 2. The van der Waals surface area contributed by atoms with E-state index >= 15 is 0 Å². The Kier molecular flexibility index (Phi) is 5.49. The van der Waals surface area contributed by atoms with Crippen LogP contribution in [0.2, 0.25) is 0 Å². The monoisotopic (exact) mass is 372 g/mol. The molecule has 0 unspecified atom stereocenters. The Morgan fingerprint density at radius 3 is 2.65 bits per heavy atom. The second-order valence-corrected chi connectivity index (χ2v) is 6.27. The molecule has 0 bridgehead atoms. The molecular formula is C20H21ClN2O3. The largest absolute Gasteiger partial charge is 0.497 e. The summed E-state index contributed by atoms with van der Waals surface area (Å²) >= 11 is 0. The Morgan fingerprint density at radius 1 is 1.23 bits per heavy atom. The zero-order valence-corrected chi connectivity index (χ0v) is 15.3. The summed E-state index contributed by atoms with van der Waals surface area (Å²) in [6, 6.07) is 15.5. The molecule has 1 aliphatic heterocycles. The molecule has 0 saturated carbocycles. The van der Waals surface area contributed by atoms with Gasteiger partial charge in [-0.05, 0) is 17.7 Å². The van der Waals surface area contributed by atoms with Gasteiger partial charge in [0.1, 0.15) is 11.3 Å². The minimum Gasteiger partial charge on any atom is -0.497 e. The summed E-state index contributed by atoms with van der Waals surface area (Å²) in [7, 11) is 1.61. The minimum absolute atomic E-state index is 0. The van der Waals surface area contributed by atoms with E-state index in [-0.39, 0.29) is 18.3 Å². The normalized spacial score (nSPS) is 13.7. The second-order valence-electron chi connectivity index (χ2n) is 6.27.